The van der Waals surface area contributed by atoms with Crippen molar-refractivity contribution < 1.29 is 35.8 Å². The first-order chi connectivity index (χ1) is 19.6. The minimum atomic E-state index is -4.99. The molecule has 218 valence electrons. The third kappa shape index (κ3) is 8.65. The van der Waals surface area contributed by atoms with Gasteiger partial charge in [0, 0.05) is 11.5 Å². The second kappa shape index (κ2) is 13.8. The second-order valence-corrected chi connectivity index (χ2v) is 10.1. The number of ether oxygens (including phenoxy) is 2. The lowest BCUT2D eigenvalue weighted by Crippen LogP contribution is -2.18. The van der Waals surface area contributed by atoms with Gasteiger partial charge in [-0.15, -0.1) is 13.2 Å². The van der Waals surface area contributed by atoms with Crippen LogP contribution in [-0.4, -0.2) is 13.0 Å². The molecule has 0 heterocycles. The Labute approximate surface area is 235 Å². The van der Waals surface area contributed by atoms with Crippen LogP contribution in [0.3, 0.4) is 0 Å². The van der Waals surface area contributed by atoms with Gasteiger partial charge in [-0.05, 0) is 77.9 Å². The fraction of sp³-hybridized carbons (Fsp3) is 0.333. The summed E-state index contributed by atoms with van der Waals surface area (Å²) in [5, 5.41) is 1.13. The van der Waals surface area contributed by atoms with Crippen LogP contribution in [0.5, 0.6) is 11.5 Å². The number of halogens is 6. The first kappa shape index (κ1) is 30.3. The zero-order valence-electron chi connectivity index (χ0n) is 22.8. The molecule has 0 spiro atoms. The molecule has 0 atom stereocenters. The number of unbranched alkanes of at least 4 members (excludes halogenated alkanes) is 3. The Morgan fingerprint density at radius 1 is 0.659 bits per heavy atom. The molecule has 0 saturated heterocycles. The molecule has 4 aromatic rings. The zero-order valence-corrected chi connectivity index (χ0v) is 22.8. The Morgan fingerprint density at radius 3 is 2.07 bits per heavy atom. The number of alkyl halides is 3. The highest BCUT2D eigenvalue weighted by molar-refractivity contribution is 5.84. The summed E-state index contributed by atoms with van der Waals surface area (Å²) in [5.41, 5.74) is 2.36. The van der Waals surface area contributed by atoms with Crippen LogP contribution in [0.4, 0.5) is 26.3 Å². The van der Waals surface area contributed by atoms with E-state index in [9.17, 15) is 22.0 Å². The lowest BCUT2D eigenvalue weighted by atomic mass is 9.97. The Morgan fingerprint density at radius 2 is 1.37 bits per heavy atom. The Bertz CT molecular complexity index is 1460. The van der Waals surface area contributed by atoms with Crippen molar-refractivity contribution >= 4 is 10.8 Å². The predicted octanol–water partition coefficient (Wildman–Crippen LogP) is 9.69. The van der Waals surface area contributed by atoms with E-state index < -0.39 is 23.7 Å². The highest BCUT2D eigenvalue weighted by atomic mass is 19.4. The van der Waals surface area contributed by atoms with Crippen LogP contribution in [0.2, 0.25) is 0 Å². The van der Waals surface area contributed by atoms with E-state index in [4.69, 9.17) is 4.74 Å². The summed E-state index contributed by atoms with van der Waals surface area (Å²) in [4.78, 5) is 0. The van der Waals surface area contributed by atoms with Gasteiger partial charge in [0.25, 0.3) is 0 Å². The minimum Gasteiger partial charge on any atom is -0.493 e. The van der Waals surface area contributed by atoms with Crippen LogP contribution in [0.1, 0.15) is 54.9 Å². The van der Waals surface area contributed by atoms with Gasteiger partial charge < -0.3 is 9.47 Å². The molecule has 0 saturated carbocycles. The summed E-state index contributed by atoms with van der Waals surface area (Å²) < 4.78 is 90.2. The van der Waals surface area contributed by atoms with Crippen molar-refractivity contribution in [1.82, 2.24) is 0 Å². The molecule has 41 heavy (non-hydrogen) atoms. The number of benzene rings is 4. The molecule has 0 fully saturated rings. The first-order valence-electron chi connectivity index (χ1n) is 13.8. The van der Waals surface area contributed by atoms with E-state index in [1.807, 2.05) is 12.1 Å². The van der Waals surface area contributed by atoms with Crippen LogP contribution in [0, 0.1) is 17.5 Å². The normalized spacial score (nSPS) is 11.7. The third-order valence-corrected chi connectivity index (χ3v) is 6.98. The van der Waals surface area contributed by atoms with Crippen molar-refractivity contribution in [2.24, 2.45) is 0 Å². The van der Waals surface area contributed by atoms with Gasteiger partial charge in [0.05, 0.1) is 6.61 Å². The molecule has 0 bridgehead atoms. The maximum atomic E-state index is 15.2. The van der Waals surface area contributed by atoms with E-state index in [-0.39, 0.29) is 18.7 Å². The van der Waals surface area contributed by atoms with Crippen molar-refractivity contribution in [2.75, 3.05) is 6.61 Å². The molecule has 0 radical (unpaired) electrons. The van der Waals surface area contributed by atoms with Crippen molar-refractivity contribution in [3.63, 3.8) is 0 Å². The summed E-state index contributed by atoms with van der Waals surface area (Å²) in [7, 11) is 0. The quantitative estimate of drug-likeness (QED) is 0.117. The molecule has 2 nitrogen and oxygen atoms in total. The molecular weight excluding hydrogens is 542 g/mol. The molecule has 4 rings (SSSR count). The molecule has 0 aliphatic heterocycles. The van der Waals surface area contributed by atoms with Gasteiger partial charge >= 0.3 is 6.36 Å². The fourth-order valence-electron chi connectivity index (χ4n) is 4.74. The van der Waals surface area contributed by atoms with Crippen LogP contribution < -0.4 is 9.47 Å². The van der Waals surface area contributed by atoms with Gasteiger partial charge in [0.2, 0.25) is 0 Å². The highest BCUT2D eigenvalue weighted by Crippen LogP contribution is 2.28. The molecule has 4 aromatic carbocycles. The number of fused-ring (bicyclic) bond motifs is 1. The standard InChI is InChI=1S/C33H32F6O2/c1-2-3-4-5-18-40-27-15-14-24(29(34)21-27)10-6-22-8-16-28-26(19-22)13-12-25(32(28)36)11-7-23-9-17-31(30(35)20-23)41-33(37,38)39/h8-9,12-17,19-21H,2-7,10-11,18H2,1H3. The van der Waals surface area contributed by atoms with Crippen molar-refractivity contribution in [3.8, 4) is 11.5 Å². The van der Waals surface area contributed by atoms with Crippen LogP contribution in [-0.2, 0) is 25.7 Å². The number of hydrogen-bond acceptors (Lipinski definition) is 2. The Kier molecular flexibility index (Phi) is 10.2. The van der Waals surface area contributed by atoms with E-state index >= 15 is 4.39 Å². The summed E-state index contributed by atoms with van der Waals surface area (Å²) >= 11 is 0. The summed E-state index contributed by atoms with van der Waals surface area (Å²) in [5.74, 6) is -2.22. The lowest BCUT2D eigenvalue weighted by Gasteiger charge is -2.11. The first-order valence-corrected chi connectivity index (χ1v) is 13.8. The van der Waals surface area contributed by atoms with Gasteiger partial charge in [-0.3, -0.25) is 0 Å². The monoisotopic (exact) mass is 574 g/mol. The smallest absolute Gasteiger partial charge is 0.493 e. The third-order valence-electron chi connectivity index (χ3n) is 6.98. The van der Waals surface area contributed by atoms with Crippen molar-refractivity contribution in [2.45, 2.75) is 64.7 Å². The summed E-state index contributed by atoms with van der Waals surface area (Å²) in [6.07, 6.45) is 0.888. The van der Waals surface area contributed by atoms with E-state index in [0.29, 0.717) is 52.7 Å². The van der Waals surface area contributed by atoms with Crippen molar-refractivity contribution in [3.05, 3.63) is 106 Å². The van der Waals surface area contributed by atoms with Crippen LogP contribution in [0.25, 0.3) is 10.8 Å². The fourth-order valence-corrected chi connectivity index (χ4v) is 4.74. The number of aryl methyl sites for hydroxylation is 4. The molecular formula is C33H32F6O2. The van der Waals surface area contributed by atoms with Crippen molar-refractivity contribution in [1.29, 1.82) is 0 Å². The predicted molar refractivity (Wildman–Crippen MR) is 148 cm³/mol. The van der Waals surface area contributed by atoms with Crippen LogP contribution in [0.15, 0.2) is 66.7 Å². The molecule has 0 unspecified atom stereocenters. The van der Waals surface area contributed by atoms with Gasteiger partial charge in [0.15, 0.2) is 11.6 Å². The topological polar surface area (TPSA) is 18.5 Å². The van der Waals surface area contributed by atoms with E-state index in [1.54, 1.807) is 30.3 Å². The van der Waals surface area contributed by atoms with Crippen LogP contribution >= 0.6 is 0 Å². The second-order valence-electron chi connectivity index (χ2n) is 10.1. The van der Waals surface area contributed by atoms with Gasteiger partial charge in [-0.25, -0.2) is 13.2 Å². The SMILES string of the molecule is CCCCCCOc1ccc(CCc2ccc3c(F)c(CCc4ccc(OC(F)(F)F)c(F)c4)ccc3c2)c(F)c1. The Balaban J connectivity index is 1.35. The van der Waals surface area contributed by atoms with E-state index in [2.05, 4.69) is 11.7 Å². The molecule has 0 N–H and O–H groups in total. The largest absolute Gasteiger partial charge is 0.573 e. The molecule has 8 heteroatoms. The molecule has 0 aliphatic rings. The average molecular weight is 575 g/mol. The maximum absolute atomic E-state index is 15.2. The number of rotatable bonds is 13. The highest BCUT2D eigenvalue weighted by Gasteiger charge is 2.32. The minimum absolute atomic E-state index is 0.234. The summed E-state index contributed by atoms with van der Waals surface area (Å²) in [6.45, 7) is 2.71. The van der Waals surface area contributed by atoms with Gasteiger partial charge in [-0.2, -0.15) is 0 Å². The summed E-state index contributed by atoms with van der Waals surface area (Å²) in [6, 6.07) is 17.0. The Hall–Kier alpha value is -3.68. The zero-order chi connectivity index (χ0) is 29.4. The average Bonchev–Trinajstić information content (AvgIpc) is 2.93. The van der Waals surface area contributed by atoms with E-state index in [0.717, 1.165) is 43.4 Å². The van der Waals surface area contributed by atoms with Gasteiger partial charge in [-0.1, -0.05) is 68.7 Å². The molecule has 0 amide bonds. The van der Waals surface area contributed by atoms with E-state index in [1.165, 1.54) is 12.1 Å². The number of hydrogen-bond donors (Lipinski definition) is 0. The molecule has 0 aliphatic carbocycles. The maximum Gasteiger partial charge on any atom is 0.573 e. The van der Waals surface area contributed by atoms with Gasteiger partial charge in [0.1, 0.15) is 17.4 Å². The lowest BCUT2D eigenvalue weighted by molar-refractivity contribution is -0.275. The molecule has 0 aromatic heterocycles.